The summed E-state index contributed by atoms with van der Waals surface area (Å²) < 4.78 is 7.21. The number of methoxy groups -OCH3 is 1. The molecule has 22 heavy (non-hydrogen) atoms. The maximum atomic E-state index is 5.30. The average molecular weight is 290 g/mol. The molecule has 108 valence electrons. The van der Waals surface area contributed by atoms with Crippen LogP contribution in [-0.4, -0.2) is 27.1 Å². The molecule has 0 fully saturated rings. The van der Waals surface area contributed by atoms with Gasteiger partial charge in [0.1, 0.15) is 5.75 Å². The van der Waals surface area contributed by atoms with Gasteiger partial charge in [-0.25, -0.2) is 4.68 Å². The van der Waals surface area contributed by atoms with E-state index in [1.54, 1.807) is 13.3 Å². The van der Waals surface area contributed by atoms with Gasteiger partial charge in [0.15, 0.2) is 0 Å². The number of aromatic nitrogens is 4. The highest BCUT2D eigenvalue weighted by molar-refractivity contribution is 5.80. The fraction of sp³-hybridized carbons (Fsp3) is 0.0588. The monoisotopic (exact) mass is 290 g/mol. The maximum Gasteiger partial charge on any atom is 0.119 e. The molecule has 0 saturated carbocycles. The molecule has 0 spiro atoms. The molecule has 2 aromatic carbocycles. The number of aromatic amines is 1. The van der Waals surface area contributed by atoms with Gasteiger partial charge in [-0.2, -0.15) is 10.2 Å². The van der Waals surface area contributed by atoms with Crippen LogP contribution in [0, 0.1) is 0 Å². The lowest BCUT2D eigenvalue weighted by Gasteiger charge is -2.09. The largest absolute Gasteiger partial charge is 0.497 e. The fourth-order valence-corrected chi connectivity index (χ4v) is 2.57. The molecule has 5 nitrogen and oxygen atoms in total. The minimum atomic E-state index is 0.828. The van der Waals surface area contributed by atoms with Crippen LogP contribution >= 0.6 is 0 Å². The van der Waals surface area contributed by atoms with Crippen LogP contribution in [0.15, 0.2) is 60.9 Å². The molecule has 1 N–H and O–H groups in total. The molecule has 0 amide bonds. The first-order chi connectivity index (χ1) is 10.8. The topological polar surface area (TPSA) is 55.7 Å². The lowest BCUT2D eigenvalue weighted by atomic mass is 10.1. The van der Waals surface area contributed by atoms with Crippen molar-refractivity contribution in [1.29, 1.82) is 0 Å². The minimum Gasteiger partial charge on any atom is -0.497 e. The number of hydrogen-bond acceptors (Lipinski definition) is 3. The molecule has 0 radical (unpaired) electrons. The van der Waals surface area contributed by atoms with Crippen LogP contribution in [0.5, 0.6) is 5.75 Å². The van der Waals surface area contributed by atoms with Gasteiger partial charge in [-0.15, -0.1) is 0 Å². The first-order valence-electron chi connectivity index (χ1n) is 6.97. The molecule has 0 atom stereocenters. The van der Waals surface area contributed by atoms with Crippen LogP contribution < -0.4 is 4.74 Å². The molecular weight excluding hydrogens is 276 g/mol. The van der Waals surface area contributed by atoms with E-state index >= 15 is 0 Å². The lowest BCUT2D eigenvalue weighted by molar-refractivity contribution is 0.415. The second kappa shape index (κ2) is 5.04. The number of nitrogens with zero attached hydrogens (tertiary/aromatic N) is 3. The van der Waals surface area contributed by atoms with Crippen molar-refractivity contribution in [2.75, 3.05) is 7.11 Å². The second-order valence-electron chi connectivity index (χ2n) is 5.00. The van der Waals surface area contributed by atoms with Crippen molar-refractivity contribution >= 4 is 10.9 Å². The van der Waals surface area contributed by atoms with Crippen LogP contribution in [0.3, 0.4) is 0 Å². The standard InChI is InChI=1S/C17H14N4O/c1-22-15-4-2-3-12(9-15)17-7-8-19-21(17)14-6-5-13-11-18-20-16(13)10-14/h2-11H,1H3,(H,18,20). The van der Waals surface area contributed by atoms with E-state index in [9.17, 15) is 0 Å². The van der Waals surface area contributed by atoms with Gasteiger partial charge in [0.2, 0.25) is 0 Å². The van der Waals surface area contributed by atoms with Gasteiger partial charge < -0.3 is 4.74 Å². The summed E-state index contributed by atoms with van der Waals surface area (Å²) >= 11 is 0. The van der Waals surface area contributed by atoms with Gasteiger partial charge in [-0.1, -0.05) is 12.1 Å². The minimum absolute atomic E-state index is 0.828. The average Bonchev–Trinajstić information content (AvgIpc) is 3.23. The van der Waals surface area contributed by atoms with Crippen LogP contribution in [0.2, 0.25) is 0 Å². The van der Waals surface area contributed by atoms with Crippen molar-refractivity contribution in [2.45, 2.75) is 0 Å². The van der Waals surface area contributed by atoms with Crippen molar-refractivity contribution in [3.8, 4) is 22.7 Å². The Balaban J connectivity index is 1.84. The number of rotatable bonds is 3. The fourth-order valence-electron chi connectivity index (χ4n) is 2.57. The van der Waals surface area contributed by atoms with E-state index in [1.165, 1.54) is 0 Å². The molecule has 0 saturated heterocycles. The van der Waals surface area contributed by atoms with Crippen LogP contribution in [0.1, 0.15) is 0 Å². The van der Waals surface area contributed by atoms with Gasteiger partial charge in [-0.3, -0.25) is 5.10 Å². The summed E-state index contributed by atoms with van der Waals surface area (Å²) in [5.74, 6) is 0.828. The number of benzene rings is 2. The predicted molar refractivity (Wildman–Crippen MR) is 85.2 cm³/mol. The summed E-state index contributed by atoms with van der Waals surface area (Å²) in [6.07, 6.45) is 3.61. The zero-order valence-corrected chi connectivity index (χ0v) is 12.0. The Morgan fingerprint density at radius 1 is 1.09 bits per heavy atom. The third-order valence-corrected chi connectivity index (χ3v) is 3.68. The normalized spacial score (nSPS) is 11.0. The molecule has 0 unspecified atom stereocenters. The van der Waals surface area contributed by atoms with Gasteiger partial charge >= 0.3 is 0 Å². The van der Waals surface area contributed by atoms with E-state index in [1.807, 2.05) is 59.4 Å². The van der Waals surface area contributed by atoms with Crippen LogP contribution in [-0.2, 0) is 0 Å². The zero-order chi connectivity index (χ0) is 14.9. The molecule has 0 aliphatic carbocycles. The highest BCUT2D eigenvalue weighted by atomic mass is 16.5. The van der Waals surface area contributed by atoms with E-state index in [0.717, 1.165) is 33.6 Å². The smallest absolute Gasteiger partial charge is 0.119 e. The maximum absolute atomic E-state index is 5.30. The molecule has 5 heteroatoms. The molecule has 2 aromatic heterocycles. The Bertz CT molecular complexity index is 938. The summed E-state index contributed by atoms with van der Waals surface area (Å²) in [6.45, 7) is 0. The van der Waals surface area contributed by atoms with Crippen molar-refractivity contribution in [3.05, 3.63) is 60.9 Å². The summed E-state index contributed by atoms with van der Waals surface area (Å²) in [4.78, 5) is 0. The molecule has 0 bridgehead atoms. The quantitative estimate of drug-likeness (QED) is 0.629. The Kier molecular flexibility index (Phi) is 2.89. The van der Waals surface area contributed by atoms with Crippen molar-refractivity contribution in [1.82, 2.24) is 20.0 Å². The van der Waals surface area contributed by atoms with E-state index in [4.69, 9.17) is 4.74 Å². The summed E-state index contributed by atoms with van der Waals surface area (Å²) in [6, 6.07) is 16.1. The summed E-state index contributed by atoms with van der Waals surface area (Å²) in [5, 5.41) is 12.6. The van der Waals surface area contributed by atoms with E-state index in [2.05, 4.69) is 15.3 Å². The van der Waals surface area contributed by atoms with E-state index < -0.39 is 0 Å². The van der Waals surface area contributed by atoms with Crippen molar-refractivity contribution in [2.24, 2.45) is 0 Å². The molecular formula is C17H14N4O. The highest BCUT2D eigenvalue weighted by Gasteiger charge is 2.09. The van der Waals surface area contributed by atoms with E-state index in [0.29, 0.717) is 0 Å². The van der Waals surface area contributed by atoms with Gasteiger partial charge in [0.05, 0.1) is 36.4 Å². The number of nitrogens with one attached hydrogen (secondary N) is 1. The molecule has 2 heterocycles. The molecule has 4 rings (SSSR count). The Morgan fingerprint density at radius 2 is 2.05 bits per heavy atom. The van der Waals surface area contributed by atoms with Gasteiger partial charge in [-0.05, 0) is 36.4 Å². The Morgan fingerprint density at radius 3 is 2.95 bits per heavy atom. The first-order valence-corrected chi connectivity index (χ1v) is 6.97. The first kappa shape index (κ1) is 12.6. The lowest BCUT2D eigenvalue weighted by Crippen LogP contribution is -1.98. The number of fused-ring (bicyclic) bond motifs is 1. The third-order valence-electron chi connectivity index (χ3n) is 3.68. The zero-order valence-electron chi connectivity index (χ0n) is 12.0. The molecule has 0 aliphatic heterocycles. The Labute approximate surface area is 127 Å². The highest BCUT2D eigenvalue weighted by Crippen LogP contribution is 2.26. The van der Waals surface area contributed by atoms with Crippen LogP contribution in [0.25, 0.3) is 27.8 Å². The van der Waals surface area contributed by atoms with Crippen LogP contribution in [0.4, 0.5) is 0 Å². The number of ether oxygens (including phenoxy) is 1. The summed E-state index contributed by atoms with van der Waals surface area (Å²) in [5.41, 5.74) is 4.04. The number of H-pyrrole nitrogens is 1. The second-order valence-corrected chi connectivity index (χ2v) is 5.00. The third kappa shape index (κ3) is 2.03. The van der Waals surface area contributed by atoms with E-state index in [-0.39, 0.29) is 0 Å². The number of hydrogen-bond donors (Lipinski definition) is 1. The molecule has 0 aliphatic rings. The molecule has 4 aromatic rings. The van der Waals surface area contributed by atoms with Gasteiger partial charge in [0.25, 0.3) is 0 Å². The Hall–Kier alpha value is -3.08. The van der Waals surface area contributed by atoms with Gasteiger partial charge in [0, 0.05) is 10.9 Å². The predicted octanol–water partition coefficient (Wildman–Crippen LogP) is 3.42. The SMILES string of the molecule is COc1cccc(-c2ccnn2-c2ccc3cn[nH]c3c2)c1. The summed E-state index contributed by atoms with van der Waals surface area (Å²) in [7, 11) is 1.67. The van der Waals surface area contributed by atoms with Crippen molar-refractivity contribution in [3.63, 3.8) is 0 Å². The van der Waals surface area contributed by atoms with Crippen molar-refractivity contribution < 1.29 is 4.74 Å².